The Hall–Kier alpha value is -0.610. The van der Waals surface area contributed by atoms with Crippen LogP contribution in [0.1, 0.15) is 13.8 Å². The van der Waals surface area contributed by atoms with E-state index in [9.17, 15) is 4.79 Å². The minimum Gasteiger partial charge on any atom is -0.355 e. The van der Waals surface area contributed by atoms with Crippen LogP contribution in [0.15, 0.2) is 0 Å². The molecule has 82 valence electrons. The lowest BCUT2D eigenvalue weighted by atomic mass is 10.1. The molecule has 1 fully saturated rings. The van der Waals surface area contributed by atoms with E-state index in [0.717, 1.165) is 19.6 Å². The fourth-order valence-corrected chi connectivity index (χ4v) is 1.31. The van der Waals surface area contributed by atoms with Gasteiger partial charge in [0, 0.05) is 25.7 Å². The van der Waals surface area contributed by atoms with Crippen LogP contribution in [-0.4, -0.2) is 50.1 Å². The number of hydrogen-bond donors (Lipinski definition) is 2. The molecule has 1 aliphatic rings. The van der Waals surface area contributed by atoms with Gasteiger partial charge >= 0.3 is 0 Å². The second-order valence-electron chi connectivity index (χ2n) is 4.43. The van der Waals surface area contributed by atoms with Crippen LogP contribution < -0.4 is 10.6 Å². The lowest BCUT2D eigenvalue weighted by molar-refractivity contribution is -0.122. The molecule has 4 nitrogen and oxygen atoms in total. The van der Waals surface area contributed by atoms with Crippen molar-refractivity contribution in [2.45, 2.75) is 19.9 Å². The Balaban J connectivity index is 2.12. The van der Waals surface area contributed by atoms with Crippen molar-refractivity contribution in [3.05, 3.63) is 0 Å². The Bertz CT molecular complexity index is 190. The predicted molar refractivity (Wildman–Crippen MR) is 57.1 cm³/mol. The molecular formula is C10H21N3O. The summed E-state index contributed by atoms with van der Waals surface area (Å²) in [7, 11) is 2.00. The Morgan fingerprint density at radius 1 is 1.57 bits per heavy atom. The van der Waals surface area contributed by atoms with Crippen molar-refractivity contribution in [3.8, 4) is 0 Å². The molecule has 1 heterocycles. The van der Waals surface area contributed by atoms with Gasteiger partial charge in [0.05, 0.1) is 6.54 Å². The van der Waals surface area contributed by atoms with Crippen molar-refractivity contribution in [3.63, 3.8) is 0 Å². The van der Waals surface area contributed by atoms with E-state index >= 15 is 0 Å². The standard InChI is InChI=1S/C10H21N3O/c1-8(2)4-12-10(14)7-13(3)9-5-11-6-9/h8-9,11H,4-7H2,1-3H3,(H,12,14). The number of amides is 1. The van der Waals surface area contributed by atoms with E-state index < -0.39 is 0 Å². The van der Waals surface area contributed by atoms with Gasteiger partial charge in [-0.15, -0.1) is 0 Å². The van der Waals surface area contributed by atoms with Gasteiger partial charge in [0.1, 0.15) is 0 Å². The first kappa shape index (κ1) is 11.5. The second-order valence-corrected chi connectivity index (χ2v) is 4.43. The largest absolute Gasteiger partial charge is 0.355 e. The van der Waals surface area contributed by atoms with Crippen LogP contribution in [0.3, 0.4) is 0 Å². The molecular weight excluding hydrogens is 178 g/mol. The smallest absolute Gasteiger partial charge is 0.234 e. The van der Waals surface area contributed by atoms with Gasteiger partial charge in [-0.2, -0.15) is 0 Å². The lowest BCUT2D eigenvalue weighted by Gasteiger charge is -2.35. The minimum atomic E-state index is 0.133. The lowest BCUT2D eigenvalue weighted by Crippen LogP contribution is -2.57. The maximum absolute atomic E-state index is 11.4. The van der Waals surface area contributed by atoms with E-state index in [1.54, 1.807) is 0 Å². The SMILES string of the molecule is CC(C)CNC(=O)CN(C)C1CNC1. The van der Waals surface area contributed by atoms with Gasteiger partial charge in [-0.3, -0.25) is 9.69 Å². The van der Waals surface area contributed by atoms with E-state index in [2.05, 4.69) is 29.4 Å². The molecule has 1 amide bonds. The van der Waals surface area contributed by atoms with Crippen LogP contribution in [0.25, 0.3) is 0 Å². The summed E-state index contributed by atoms with van der Waals surface area (Å²) in [5.74, 6) is 0.655. The highest BCUT2D eigenvalue weighted by Gasteiger charge is 2.22. The Labute approximate surface area is 86.0 Å². The zero-order valence-corrected chi connectivity index (χ0v) is 9.34. The summed E-state index contributed by atoms with van der Waals surface area (Å²) in [5, 5.41) is 6.11. The van der Waals surface area contributed by atoms with Gasteiger partial charge in [0.25, 0.3) is 0 Å². The van der Waals surface area contributed by atoms with Crippen LogP contribution in [0.2, 0.25) is 0 Å². The summed E-state index contributed by atoms with van der Waals surface area (Å²) >= 11 is 0. The third-order valence-electron chi connectivity index (χ3n) is 2.48. The summed E-state index contributed by atoms with van der Waals surface area (Å²) in [6, 6.07) is 0.541. The first-order chi connectivity index (χ1) is 6.59. The fraction of sp³-hybridized carbons (Fsp3) is 0.900. The van der Waals surface area contributed by atoms with Crippen molar-refractivity contribution in [2.75, 3.05) is 33.2 Å². The highest BCUT2D eigenvalue weighted by molar-refractivity contribution is 5.78. The monoisotopic (exact) mass is 199 g/mol. The predicted octanol–water partition coefficient (Wildman–Crippen LogP) is -0.338. The topological polar surface area (TPSA) is 44.4 Å². The number of carbonyl (C=O) groups is 1. The maximum Gasteiger partial charge on any atom is 0.234 e. The molecule has 0 radical (unpaired) electrons. The van der Waals surface area contributed by atoms with E-state index in [0.29, 0.717) is 18.5 Å². The Morgan fingerprint density at radius 2 is 2.21 bits per heavy atom. The molecule has 0 spiro atoms. The van der Waals surface area contributed by atoms with E-state index in [4.69, 9.17) is 0 Å². The van der Waals surface area contributed by atoms with E-state index in [1.807, 2.05) is 7.05 Å². The average Bonchev–Trinajstić information content (AvgIpc) is 1.97. The highest BCUT2D eigenvalue weighted by Crippen LogP contribution is 2.00. The molecule has 0 unspecified atom stereocenters. The van der Waals surface area contributed by atoms with Crippen LogP contribution in [0.5, 0.6) is 0 Å². The second kappa shape index (κ2) is 5.32. The zero-order valence-electron chi connectivity index (χ0n) is 9.34. The van der Waals surface area contributed by atoms with Crippen LogP contribution in [0, 0.1) is 5.92 Å². The van der Waals surface area contributed by atoms with E-state index in [1.165, 1.54) is 0 Å². The van der Waals surface area contributed by atoms with Gasteiger partial charge in [0.15, 0.2) is 0 Å². The number of hydrogen-bond acceptors (Lipinski definition) is 3. The quantitative estimate of drug-likeness (QED) is 0.637. The normalized spacial score (nSPS) is 17.2. The third kappa shape index (κ3) is 3.64. The van der Waals surface area contributed by atoms with Crippen molar-refractivity contribution in [2.24, 2.45) is 5.92 Å². The summed E-state index contributed by atoms with van der Waals surface area (Å²) in [5.41, 5.74) is 0. The average molecular weight is 199 g/mol. The van der Waals surface area contributed by atoms with Crippen molar-refractivity contribution in [1.29, 1.82) is 0 Å². The molecule has 0 aromatic carbocycles. The third-order valence-corrected chi connectivity index (χ3v) is 2.48. The van der Waals surface area contributed by atoms with Gasteiger partial charge in [-0.05, 0) is 13.0 Å². The van der Waals surface area contributed by atoms with Crippen molar-refractivity contribution < 1.29 is 4.79 Å². The number of carbonyl (C=O) groups excluding carboxylic acids is 1. The Morgan fingerprint density at radius 3 is 2.64 bits per heavy atom. The summed E-state index contributed by atoms with van der Waals surface area (Å²) in [6.07, 6.45) is 0. The molecule has 14 heavy (non-hydrogen) atoms. The van der Waals surface area contributed by atoms with Crippen LogP contribution in [0.4, 0.5) is 0 Å². The first-order valence-electron chi connectivity index (χ1n) is 5.27. The molecule has 2 N–H and O–H groups in total. The number of nitrogens with zero attached hydrogens (tertiary/aromatic N) is 1. The van der Waals surface area contributed by atoms with Crippen molar-refractivity contribution >= 4 is 5.91 Å². The summed E-state index contributed by atoms with van der Waals surface area (Å²) in [6.45, 7) is 7.50. The summed E-state index contributed by atoms with van der Waals surface area (Å²) < 4.78 is 0. The number of likely N-dealkylation sites (N-methyl/N-ethyl adjacent to an activating group) is 1. The molecule has 4 heteroatoms. The molecule has 0 aromatic rings. The van der Waals surface area contributed by atoms with Gasteiger partial charge in [-0.25, -0.2) is 0 Å². The highest BCUT2D eigenvalue weighted by atomic mass is 16.2. The van der Waals surface area contributed by atoms with Crippen LogP contribution in [-0.2, 0) is 4.79 Å². The molecule has 1 saturated heterocycles. The summed E-state index contributed by atoms with van der Waals surface area (Å²) in [4.78, 5) is 13.5. The number of nitrogens with one attached hydrogen (secondary N) is 2. The number of rotatable bonds is 5. The van der Waals surface area contributed by atoms with Crippen LogP contribution >= 0.6 is 0 Å². The minimum absolute atomic E-state index is 0.133. The van der Waals surface area contributed by atoms with Gasteiger partial charge in [-0.1, -0.05) is 13.8 Å². The van der Waals surface area contributed by atoms with Crippen molar-refractivity contribution in [1.82, 2.24) is 15.5 Å². The molecule has 0 atom stereocenters. The molecule has 1 rings (SSSR count). The molecule has 0 aromatic heterocycles. The van der Waals surface area contributed by atoms with E-state index in [-0.39, 0.29) is 5.91 Å². The molecule has 0 bridgehead atoms. The molecule has 0 saturated carbocycles. The zero-order chi connectivity index (χ0) is 10.6. The van der Waals surface area contributed by atoms with Gasteiger partial charge < -0.3 is 10.6 Å². The molecule has 1 aliphatic heterocycles. The molecule has 0 aliphatic carbocycles. The van der Waals surface area contributed by atoms with Gasteiger partial charge in [0.2, 0.25) is 5.91 Å². The Kier molecular flexibility index (Phi) is 4.35. The maximum atomic E-state index is 11.4. The fourth-order valence-electron chi connectivity index (χ4n) is 1.31. The first-order valence-corrected chi connectivity index (χ1v) is 5.27.